The number of phenolic OH excluding ortho intramolecular Hbond substituents is 4. The third-order valence-corrected chi connectivity index (χ3v) is 8.81. The first-order chi connectivity index (χ1) is 19.9. The summed E-state index contributed by atoms with van der Waals surface area (Å²) in [5.74, 6) is -3.62. The van der Waals surface area contributed by atoms with E-state index in [2.05, 4.69) is 0 Å². The Morgan fingerprint density at radius 1 is 0.905 bits per heavy atom. The fraction of sp³-hybridized carbons (Fsp3) is 0.300. The van der Waals surface area contributed by atoms with E-state index in [-0.39, 0.29) is 57.4 Å². The molecule has 42 heavy (non-hydrogen) atoms. The number of aliphatic hydroxyl groups excluding tert-OH is 1. The zero-order valence-electron chi connectivity index (χ0n) is 22.7. The van der Waals surface area contributed by atoms with Crippen LogP contribution in [0.1, 0.15) is 40.9 Å². The molecule has 7 rings (SSSR count). The predicted molar refractivity (Wildman–Crippen MR) is 146 cm³/mol. The Hall–Kier alpha value is -4.97. The fourth-order valence-corrected chi connectivity index (χ4v) is 6.85. The number of ether oxygens (including phenoxy) is 2. The molecule has 2 aliphatic heterocycles. The van der Waals surface area contributed by atoms with Crippen molar-refractivity contribution in [2.75, 3.05) is 13.7 Å². The Kier molecular flexibility index (Phi) is 4.99. The molecule has 1 amide bonds. The summed E-state index contributed by atoms with van der Waals surface area (Å²) in [6.45, 7) is 2.22. The molecule has 2 atom stereocenters. The quantitative estimate of drug-likeness (QED) is 0.134. The minimum atomic E-state index is -1.69. The van der Waals surface area contributed by atoms with Crippen LogP contribution < -0.4 is 10.2 Å². The summed E-state index contributed by atoms with van der Waals surface area (Å²) in [7, 11) is 1.31. The SMILES string of the molecule is COc1ccc2oc3c(O)c4c(c(O)c3c(=O)c2c1O)-c1c(cc2c(c1O)C(=O)N1[C@@](C)(C2)OC(=O)[C@]1(C)CO)CC4. The first kappa shape index (κ1) is 26.0. The van der Waals surface area contributed by atoms with Crippen LogP contribution in [-0.4, -0.2) is 67.3 Å². The van der Waals surface area contributed by atoms with Crippen molar-refractivity contribution in [3.8, 4) is 39.9 Å². The van der Waals surface area contributed by atoms with Gasteiger partial charge in [0, 0.05) is 23.1 Å². The summed E-state index contributed by atoms with van der Waals surface area (Å²) in [4.78, 5) is 41.4. The van der Waals surface area contributed by atoms with Crippen LogP contribution in [-0.2, 0) is 28.8 Å². The molecule has 0 bridgehead atoms. The van der Waals surface area contributed by atoms with E-state index in [0.29, 0.717) is 17.5 Å². The summed E-state index contributed by atoms with van der Waals surface area (Å²) in [5, 5.41) is 54.5. The number of phenols is 4. The Labute approximate surface area is 236 Å². The second-order valence-corrected chi connectivity index (χ2v) is 11.3. The van der Waals surface area contributed by atoms with Gasteiger partial charge in [-0.2, -0.15) is 0 Å². The number of fused-ring (bicyclic) bond motifs is 7. The molecule has 3 aromatic carbocycles. The molecule has 0 saturated carbocycles. The number of amides is 1. The molecular formula is C30H25NO11. The molecule has 4 aromatic rings. The van der Waals surface area contributed by atoms with Gasteiger partial charge in [-0.1, -0.05) is 6.07 Å². The van der Waals surface area contributed by atoms with E-state index in [4.69, 9.17) is 13.9 Å². The molecule has 12 heteroatoms. The lowest BCUT2D eigenvalue weighted by Gasteiger charge is -2.43. The van der Waals surface area contributed by atoms with Gasteiger partial charge in [-0.15, -0.1) is 0 Å². The lowest BCUT2D eigenvalue weighted by molar-refractivity contribution is -0.151. The number of esters is 1. The number of methoxy groups -OCH3 is 1. The van der Waals surface area contributed by atoms with Gasteiger partial charge in [-0.05, 0) is 49.9 Å². The van der Waals surface area contributed by atoms with Crippen molar-refractivity contribution in [1.29, 1.82) is 0 Å². The highest BCUT2D eigenvalue weighted by Crippen LogP contribution is 2.55. The van der Waals surface area contributed by atoms with Crippen molar-refractivity contribution in [3.63, 3.8) is 0 Å². The molecule has 0 unspecified atom stereocenters. The maximum atomic E-state index is 13.9. The van der Waals surface area contributed by atoms with Crippen molar-refractivity contribution in [3.05, 3.63) is 50.7 Å². The van der Waals surface area contributed by atoms with Gasteiger partial charge in [-0.3, -0.25) is 14.5 Å². The Morgan fingerprint density at radius 2 is 1.64 bits per heavy atom. The van der Waals surface area contributed by atoms with Crippen molar-refractivity contribution in [2.24, 2.45) is 0 Å². The lowest BCUT2D eigenvalue weighted by Crippen LogP contribution is -2.60. The van der Waals surface area contributed by atoms with Crippen molar-refractivity contribution in [1.82, 2.24) is 4.90 Å². The molecule has 1 fully saturated rings. The number of carbonyl (C=O) groups is 2. The number of carbonyl (C=O) groups excluding carboxylic acids is 2. The van der Waals surface area contributed by atoms with Crippen LogP contribution in [0.5, 0.6) is 28.7 Å². The highest BCUT2D eigenvalue weighted by atomic mass is 16.6. The number of aromatic hydroxyl groups is 4. The van der Waals surface area contributed by atoms with E-state index in [1.165, 1.54) is 26.2 Å². The van der Waals surface area contributed by atoms with E-state index in [0.717, 1.165) is 4.90 Å². The Morgan fingerprint density at radius 3 is 2.33 bits per heavy atom. The number of rotatable bonds is 2. The van der Waals surface area contributed by atoms with Gasteiger partial charge in [0.1, 0.15) is 27.9 Å². The van der Waals surface area contributed by atoms with Crippen molar-refractivity contribution < 1.29 is 49.0 Å². The van der Waals surface area contributed by atoms with Crippen LogP contribution in [0.15, 0.2) is 27.4 Å². The summed E-state index contributed by atoms with van der Waals surface area (Å²) >= 11 is 0. The third kappa shape index (κ3) is 2.91. The van der Waals surface area contributed by atoms with Gasteiger partial charge in [0.15, 0.2) is 34.1 Å². The third-order valence-electron chi connectivity index (χ3n) is 8.81. The van der Waals surface area contributed by atoms with Gasteiger partial charge in [-0.25, -0.2) is 4.79 Å². The van der Waals surface area contributed by atoms with Crippen LogP contribution in [0.4, 0.5) is 0 Å². The number of nitrogens with zero attached hydrogens (tertiary/aromatic N) is 1. The van der Waals surface area contributed by atoms with Crippen molar-refractivity contribution in [2.45, 2.75) is 44.4 Å². The summed E-state index contributed by atoms with van der Waals surface area (Å²) in [6, 6.07) is 4.46. The molecule has 12 nitrogen and oxygen atoms in total. The standard InChI is InChI=1S/C30H25NO11/c1-29(10-32)28(39)42-30(2)9-12-8-11-4-5-13-18(16(11)23(35)17(12)27(38)31(29)30)24(36)20-25(37)19-14(41-26(20)21(13)33)6-7-15(40-3)22(19)34/h6-8,32-36H,4-5,9-10H2,1-3H3/t29-,30+/m0/s1. The first-order valence-corrected chi connectivity index (χ1v) is 13.2. The Bertz CT molecular complexity index is 2010. The smallest absolute Gasteiger partial charge is 0.336 e. The normalized spacial score (nSPS) is 22.5. The fourth-order valence-electron chi connectivity index (χ4n) is 6.85. The zero-order chi connectivity index (χ0) is 30.0. The summed E-state index contributed by atoms with van der Waals surface area (Å²) in [5.41, 5.74) is -3.33. The van der Waals surface area contributed by atoms with Gasteiger partial charge in [0.2, 0.25) is 5.43 Å². The molecule has 1 saturated heterocycles. The van der Waals surface area contributed by atoms with E-state index in [9.17, 15) is 39.9 Å². The first-order valence-electron chi connectivity index (χ1n) is 13.2. The Balaban J connectivity index is 1.53. The molecular weight excluding hydrogens is 550 g/mol. The number of aryl methyl sites for hydroxylation is 1. The second kappa shape index (κ2) is 8.07. The van der Waals surface area contributed by atoms with Crippen LogP contribution in [0.2, 0.25) is 0 Å². The number of benzene rings is 3. The van der Waals surface area contributed by atoms with Crippen LogP contribution in [0, 0.1) is 0 Å². The van der Waals surface area contributed by atoms with Crippen LogP contribution in [0.3, 0.4) is 0 Å². The molecule has 1 aromatic heterocycles. The highest BCUT2D eigenvalue weighted by Gasteiger charge is 2.63. The zero-order valence-corrected chi connectivity index (χ0v) is 22.7. The molecule has 0 spiro atoms. The highest BCUT2D eigenvalue weighted by molar-refractivity contribution is 6.09. The van der Waals surface area contributed by atoms with E-state index >= 15 is 0 Å². The predicted octanol–water partition coefficient (Wildman–Crippen LogP) is 2.57. The van der Waals surface area contributed by atoms with Crippen LogP contribution >= 0.6 is 0 Å². The van der Waals surface area contributed by atoms with E-state index in [1.807, 2.05) is 0 Å². The summed E-state index contributed by atoms with van der Waals surface area (Å²) in [6.07, 6.45) is 0.523. The molecule has 216 valence electrons. The molecule has 3 aliphatic rings. The van der Waals surface area contributed by atoms with E-state index < -0.39 is 63.6 Å². The largest absolute Gasteiger partial charge is 0.506 e. The van der Waals surface area contributed by atoms with Crippen LogP contribution in [0.25, 0.3) is 33.1 Å². The lowest BCUT2D eigenvalue weighted by atomic mass is 9.78. The van der Waals surface area contributed by atoms with Crippen molar-refractivity contribution >= 4 is 33.8 Å². The average molecular weight is 576 g/mol. The van der Waals surface area contributed by atoms with Gasteiger partial charge in [0.05, 0.1) is 19.3 Å². The van der Waals surface area contributed by atoms with E-state index in [1.54, 1.807) is 13.0 Å². The molecule has 1 aliphatic carbocycles. The molecule has 3 heterocycles. The maximum Gasteiger partial charge on any atom is 0.336 e. The van der Waals surface area contributed by atoms with Gasteiger partial charge in [0.25, 0.3) is 5.91 Å². The number of hydrogen-bond donors (Lipinski definition) is 5. The minimum Gasteiger partial charge on any atom is -0.506 e. The average Bonchev–Trinajstić information content (AvgIpc) is 3.15. The summed E-state index contributed by atoms with van der Waals surface area (Å²) < 4.78 is 16.5. The molecule has 5 N–H and O–H groups in total. The topological polar surface area (TPSA) is 187 Å². The monoisotopic (exact) mass is 575 g/mol. The van der Waals surface area contributed by atoms with Gasteiger partial charge >= 0.3 is 5.97 Å². The number of aliphatic hydroxyl groups is 1. The van der Waals surface area contributed by atoms with Gasteiger partial charge < -0.3 is 39.4 Å². The maximum absolute atomic E-state index is 13.9. The minimum absolute atomic E-state index is 0.00444. The second-order valence-electron chi connectivity index (χ2n) is 11.3. The number of hydrogen-bond acceptors (Lipinski definition) is 11. The molecule has 0 radical (unpaired) electrons.